The van der Waals surface area contributed by atoms with Crippen molar-refractivity contribution in [2.45, 2.75) is 19.3 Å². The molecule has 1 aromatic rings. The molecule has 1 fully saturated rings. The number of carbonyl (C=O) groups excluding carboxylic acids is 2. The molecule has 0 aromatic heterocycles. The number of benzene rings is 1. The molecule has 96 valence electrons. The van der Waals surface area contributed by atoms with E-state index in [0.29, 0.717) is 18.5 Å². The number of carbonyl (C=O) groups is 2. The van der Waals surface area contributed by atoms with Crippen LogP contribution in [0.4, 0.5) is 5.69 Å². The highest BCUT2D eigenvalue weighted by molar-refractivity contribution is 9.10. The molecule has 1 aromatic carbocycles. The van der Waals surface area contributed by atoms with Gasteiger partial charge in [-0.15, -0.1) is 0 Å². The lowest BCUT2D eigenvalue weighted by Crippen LogP contribution is -2.48. The molecule has 0 spiro atoms. The number of hydrogen-bond donors (Lipinski definition) is 1. The topological polar surface area (TPSA) is 55.4 Å². The Balaban J connectivity index is 2.14. The summed E-state index contributed by atoms with van der Waals surface area (Å²) in [7, 11) is 1.31. The van der Waals surface area contributed by atoms with Gasteiger partial charge in [0.15, 0.2) is 0 Å². The molecule has 18 heavy (non-hydrogen) atoms. The molecular weight excluding hydrogens is 298 g/mol. The average Bonchev–Trinajstić information content (AvgIpc) is 2.27. The first-order valence-corrected chi connectivity index (χ1v) is 6.53. The Labute approximate surface area is 114 Å². The molecule has 1 amide bonds. The number of halogens is 1. The number of amides is 1. The van der Waals surface area contributed by atoms with Crippen LogP contribution >= 0.6 is 15.9 Å². The number of anilines is 1. The minimum atomic E-state index is -0.989. The van der Waals surface area contributed by atoms with Crippen LogP contribution in [0, 0.1) is 5.41 Å². The second-order valence-corrected chi connectivity index (χ2v) is 5.31. The van der Waals surface area contributed by atoms with E-state index < -0.39 is 11.4 Å². The zero-order valence-electron chi connectivity index (χ0n) is 10.0. The number of methoxy groups -OCH3 is 1. The van der Waals surface area contributed by atoms with Crippen LogP contribution < -0.4 is 5.32 Å². The predicted octanol–water partition coefficient (Wildman–Crippen LogP) is 2.73. The van der Waals surface area contributed by atoms with Gasteiger partial charge in [-0.25, -0.2) is 0 Å². The fourth-order valence-corrected chi connectivity index (χ4v) is 2.47. The first kappa shape index (κ1) is 13.1. The highest BCUT2D eigenvalue weighted by atomic mass is 79.9. The third-order valence-electron chi connectivity index (χ3n) is 3.30. The molecule has 0 saturated heterocycles. The zero-order valence-corrected chi connectivity index (χ0v) is 11.6. The Morgan fingerprint density at radius 3 is 2.61 bits per heavy atom. The Kier molecular flexibility index (Phi) is 3.71. The van der Waals surface area contributed by atoms with Crippen molar-refractivity contribution in [1.29, 1.82) is 0 Å². The monoisotopic (exact) mass is 311 g/mol. The van der Waals surface area contributed by atoms with Crippen LogP contribution in [0.2, 0.25) is 0 Å². The minimum absolute atomic E-state index is 0.279. The molecule has 1 saturated carbocycles. The van der Waals surface area contributed by atoms with Gasteiger partial charge in [-0.05, 0) is 31.0 Å². The third kappa shape index (κ3) is 2.27. The van der Waals surface area contributed by atoms with E-state index in [0.717, 1.165) is 10.9 Å². The molecule has 0 aliphatic heterocycles. The van der Waals surface area contributed by atoms with Crippen molar-refractivity contribution in [1.82, 2.24) is 0 Å². The normalized spacial score (nSPS) is 16.6. The molecule has 1 N–H and O–H groups in total. The van der Waals surface area contributed by atoms with Crippen LogP contribution in [0.1, 0.15) is 19.3 Å². The van der Waals surface area contributed by atoms with Gasteiger partial charge in [0.2, 0.25) is 5.91 Å². The van der Waals surface area contributed by atoms with Crippen LogP contribution in [0.5, 0.6) is 0 Å². The van der Waals surface area contributed by atoms with Crippen LogP contribution in [-0.4, -0.2) is 19.0 Å². The fourth-order valence-electron chi connectivity index (χ4n) is 2.07. The van der Waals surface area contributed by atoms with Crippen molar-refractivity contribution in [3.8, 4) is 0 Å². The van der Waals surface area contributed by atoms with Gasteiger partial charge in [-0.3, -0.25) is 9.59 Å². The number of rotatable bonds is 3. The molecule has 0 atom stereocenters. The summed E-state index contributed by atoms with van der Waals surface area (Å²) in [4.78, 5) is 23.9. The summed E-state index contributed by atoms with van der Waals surface area (Å²) in [5.74, 6) is -0.722. The maximum Gasteiger partial charge on any atom is 0.321 e. The molecule has 0 radical (unpaired) electrons. The maximum atomic E-state index is 12.2. The van der Waals surface area contributed by atoms with E-state index >= 15 is 0 Å². The number of nitrogens with one attached hydrogen (secondary N) is 1. The van der Waals surface area contributed by atoms with Gasteiger partial charge in [-0.2, -0.15) is 0 Å². The molecule has 4 nitrogen and oxygen atoms in total. The Morgan fingerprint density at radius 2 is 2.11 bits per heavy atom. The molecular formula is C13H14BrNO3. The lowest BCUT2D eigenvalue weighted by molar-refractivity contribution is -0.163. The summed E-state index contributed by atoms with van der Waals surface area (Å²) in [5.41, 5.74) is -0.318. The zero-order chi connectivity index (χ0) is 13.2. The van der Waals surface area contributed by atoms with Crippen molar-refractivity contribution in [2.24, 2.45) is 5.41 Å². The van der Waals surface area contributed by atoms with Gasteiger partial charge in [0.1, 0.15) is 5.41 Å². The van der Waals surface area contributed by atoms with E-state index in [2.05, 4.69) is 21.2 Å². The molecule has 5 heteroatoms. The van der Waals surface area contributed by atoms with Crippen LogP contribution in [0.15, 0.2) is 28.7 Å². The predicted molar refractivity (Wildman–Crippen MR) is 71.1 cm³/mol. The molecule has 1 aliphatic carbocycles. The second-order valence-electron chi connectivity index (χ2n) is 4.39. The first-order chi connectivity index (χ1) is 8.58. The SMILES string of the molecule is COC(=O)C1(C(=O)Nc2cccc(Br)c2)CCC1. The number of hydrogen-bond acceptors (Lipinski definition) is 3. The van der Waals surface area contributed by atoms with E-state index in [1.807, 2.05) is 12.1 Å². The van der Waals surface area contributed by atoms with Gasteiger partial charge in [0.05, 0.1) is 7.11 Å². The van der Waals surface area contributed by atoms with Crippen LogP contribution in [0.3, 0.4) is 0 Å². The lowest BCUT2D eigenvalue weighted by atomic mass is 9.68. The van der Waals surface area contributed by atoms with Crippen LogP contribution in [-0.2, 0) is 14.3 Å². The van der Waals surface area contributed by atoms with E-state index in [-0.39, 0.29) is 5.91 Å². The van der Waals surface area contributed by atoms with Gasteiger partial charge in [0, 0.05) is 10.2 Å². The smallest absolute Gasteiger partial charge is 0.321 e. The van der Waals surface area contributed by atoms with Crippen molar-refractivity contribution >= 4 is 33.5 Å². The average molecular weight is 312 g/mol. The number of esters is 1. The maximum absolute atomic E-state index is 12.2. The minimum Gasteiger partial charge on any atom is -0.468 e. The molecule has 0 bridgehead atoms. The summed E-state index contributed by atoms with van der Waals surface area (Å²) < 4.78 is 5.61. The Morgan fingerprint density at radius 1 is 1.39 bits per heavy atom. The molecule has 0 heterocycles. The molecule has 2 rings (SSSR count). The van der Waals surface area contributed by atoms with Gasteiger partial charge < -0.3 is 10.1 Å². The van der Waals surface area contributed by atoms with Gasteiger partial charge in [-0.1, -0.05) is 28.4 Å². The molecule has 0 unspecified atom stereocenters. The fraction of sp³-hybridized carbons (Fsp3) is 0.385. The summed E-state index contributed by atoms with van der Waals surface area (Å²) in [6.45, 7) is 0. The summed E-state index contributed by atoms with van der Waals surface area (Å²) in [5, 5.41) is 2.77. The highest BCUT2D eigenvalue weighted by Gasteiger charge is 2.51. The van der Waals surface area contributed by atoms with Gasteiger partial charge in [0.25, 0.3) is 0 Å². The van der Waals surface area contributed by atoms with E-state index in [9.17, 15) is 9.59 Å². The summed E-state index contributed by atoms with van der Waals surface area (Å²) >= 11 is 3.33. The summed E-state index contributed by atoms with van der Waals surface area (Å²) in [6.07, 6.45) is 1.99. The van der Waals surface area contributed by atoms with E-state index in [1.54, 1.807) is 12.1 Å². The van der Waals surface area contributed by atoms with E-state index in [4.69, 9.17) is 4.74 Å². The van der Waals surface area contributed by atoms with E-state index in [1.165, 1.54) is 7.11 Å². The van der Waals surface area contributed by atoms with Crippen molar-refractivity contribution < 1.29 is 14.3 Å². The Hall–Kier alpha value is -1.36. The quantitative estimate of drug-likeness (QED) is 0.690. The van der Waals surface area contributed by atoms with Crippen molar-refractivity contribution in [2.75, 3.05) is 12.4 Å². The highest BCUT2D eigenvalue weighted by Crippen LogP contribution is 2.43. The second kappa shape index (κ2) is 5.10. The molecule has 1 aliphatic rings. The van der Waals surface area contributed by atoms with Crippen LogP contribution in [0.25, 0.3) is 0 Å². The standard InChI is InChI=1S/C13H14BrNO3/c1-18-12(17)13(6-3-7-13)11(16)15-10-5-2-4-9(14)8-10/h2,4-5,8H,3,6-7H2,1H3,(H,15,16). The van der Waals surface area contributed by atoms with Crippen molar-refractivity contribution in [3.05, 3.63) is 28.7 Å². The lowest BCUT2D eigenvalue weighted by Gasteiger charge is -2.36. The number of ether oxygens (including phenoxy) is 1. The third-order valence-corrected chi connectivity index (χ3v) is 3.79. The van der Waals surface area contributed by atoms with Gasteiger partial charge >= 0.3 is 5.97 Å². The first-order valence-electron chi connectivity index (χ1n) is 5.74. The largest absolute Gasteiger partial charge is 0.468 e. The van der Waals surface area contributed by atoms with Crippen molar-refractivity contribution in [3.63, 3.8) is 0 Å². The summed E-state index contributed by atoms with van der Waals surface area (Å²) in [6, 6.07) is 7.27. The Bertz CT molecular complexity index is 483.